The highest BCUT2D eigenvalue weighted by atomic mass is 16.4. The number of amides is 3. The van der Waals surface area contributed by atoms with E-state index in [2.05, 4.69) is 20.6 Å². The number of aliphatic imine (C=N–C) groups is 2. The molecule has 2 aromatic rings. The van der Waals surface area contributed by atoms with Crippen molar-refractivity contribution in [1.29, 1.82) is 0 Å². The standard InChI is InChI=1S/C30H41N9O6/c31-29(32)35-14-4-8-21(36-26(42)22(38-30(33)34)16-19-10-12-20(40)13-11-19)25(41)37-23(17-18-6-2-1-3-7-18)27(43)39-15-5-9-24(39)28(44)45/h1-3,6-7,10-13,21-24,40H,4-5,8-9,14-17H2,(H,36,42)(H,37,41)(H,44,45)(H4,31,32,35)(H4,33,34,38)/t21-,22+,23+,24+/m1/s1. The van der Waals surface area contributed by atoms with Crippen molar-refractivity contribution in [2.75, 3.05) is 13.1 Å². The largest absolute Gasteiger partial charge is 0.508 e. The molecule has 3 amide bonds. The van der Waals surface area contributed by atoms with E-state index in [-0.39, 0.29) is 50.0 Å². The molecular formula is C30H41N9O6. The van der Waals surface area contributed by atoms with E-state index >= 15 is 0 Å². The molecule has 15 heteroatoms. The topological polar surface area (TPSA) is 265 Å². The maximum absolute atomic E-state index is 13.8. The van der Waals surface area contributed by atoms with Crippen LogP contribution in [-0.4, -0.2) is 88.0 Å². The van der Waals surface area contributed by atoms with Gasteiger partial charge in [0.2, 0.25) is 17.7 Å². The Morgan fingerprint density at radius 1 is 0.867 bits per heavy atom. The van der Waals surface area contributed by atoms with Crippen LogP contribution in [0.1, 0.15) is 36.8 Å². The zero-order valence-corrected chi connectivity index (χ0v) is 24.8. The number of carboxylic acid groups (broad SMARTS) is 1. The second kappa shape index (κ2) is 16.5. The third-order valence-corrected chi connectivity index (χ3v) is 7.27. The van der Waals surface area contributed by atoms with Crippen LogP contribution in [0.2, 0.25) is 0 Å². The summed E-state index contributed by atoms with van der Waals surface area (Å²) in [5.74, 6) is -3.40. The summed E-state index contributed by atoms with van der Waals surface area (Å²) in [5.41, 5.74) is 23.4. The van der Waals surface area contributed by atoms with Crippen LogP contribution in [0.5, 0.6) is 5.75 Å². The molecule has 1 heterocycles. The van der Waals surface area contributed by atoms with Gasteiger partial charge in [0.1, 0.15) is 29.9 Å². The number of carbonyl (C=O) groups excluding carboxylic acids is 3. The summed E-state index contributed by atoms with van der Waals surface area (Å²) in [5, 5.41) is 24.7. The van der Waals surface area contributed by atoms with Crippen molar-refractivity contribution < 1.29 is 29.4 Å². The molecule has 1 aliphatic rings. The Balaban J connectivity index is 1.86. The molecule has 2 aromatic carbocycles. The molecule has 3 rings (SSSR count). The van der Waals surface area contributed by atoms with Gasteiger partial charge in [-0.25, -0.2) is 9.79 Å². The highest BCUT2D eigenvalue weighted by molar-refractivity contribution is 5.95. The first-order chi connectivity index (χ1) is 21.4. The summed E-state index contributed by atoms with van der Waals surface area (Å²) in [7, 11) is 0. The molecule has 45 heavy (non-hydrogen) atoms. The van der Waals surface area contributed by atoms with Crippen molar-refractivity contribution in [2.24, 2.45) is 32.9 Å². The first-order valence-corrected chi connectivity index (χ1v) is 14.5. The molecule has 0 aromatic heterocycles. The van der Waals surface area contributed by atoms with Crippen molar-refractivity contribution in [3.8, 4) is 5.75 Å². The lowest BCUT2D eigenvalue weighted by atomic mass is 10.0. The van der Waals surface area contributed by atoms with E-state index in [4.69, 9.17) is 22.9 Å². The highest BCUT2D eigenvalue weighted by Crippen LogP contribution is 2.20. The lowest BCUT2D eigenvalue weighted by Crippen LogP contribution is -2.57. The molecule has 12 N–H and O–H groups in total. The number of carboxylic acids is 1. The van der Waals surface area contributed by atoms with Gasteiger partial charge in [0.05, 0.1) is 0 Å². The first kappa shape index (κ1) is 34.2. The van der Waals surface area contributed by atoms with E-state index in [9.17, 15) is 29.4 Å². The second-order valence-electron chi connectivity index (χ2n) is 10.7. The average Bonchev–Trinajstić information content (AvgIpc) is 3.49. The number of hydrogen-bond acceptors (Lipinski definition) is 7. The van der Waals surface area contributed by atoms with Crippen LogP contribution in [0.25, 0.3) is 0 Å². The molecule has 15 nitrogen and oxygen atoms in total. The number of likely N-dealkylation sites (tertiary alicyclic amines) is 1. The number of guanidine groups is 2. The molecule has 4 atom stereocenters. The Bertz CT molecular complexity index is 1380. The SMILES string of the molecule is NC(N)=NCCC[C@@H](NC(=O)[C@H](Cc1ccc(O)cc1)N=C(N)N)C(=O)N[C@@H](Cc1ccccc1)C(=O)N1CCC[C@H]1C(=O)O. The third-order valence-electron chi connectivity index (χ3n) is 7.27. The third kappa shape index (κ3) is 10.7. The molecule has 0 radical (unpaired) electrons. The van der Waals surface area contributed by atoms with Crippen molar-refractivity contribution in [3.63, 3.8) is 0 Å². The molecule has 1 aliphatic heterocycles. The Morgan fingerprint density at radius 2 is 1.51 bits per heavy atom. The minimum Gasteiger partial charge on any atom is -0.508 e. The van der Waals surface area contributed by atoms with E-state index in [1.54, 1.807) is 36.4 Å². The molecule has 242 valence electrons. The molecular weight excluding hydrogens is 582 g/mol. The van der Waals surface area contributed by atoms with E-state index in [0.29, 0.717) is 24.8 Å². The van der Waals surface area contributed by atoms with Gasteiger partial charge >= 0.3 is 5.97 Å². The molecule has 0 bridgehead atoms. The van der Waals surface area contributed by atoms with E-state index in [1.165, 1.54) is 17.0 Å². The minimum absolute atomic E-state index is 0.0438. The number of nitrogens with one attached hydrogen (secondary N) is 2. The lowest BCUT2D eigenvalue weighted by Gasteiger charge is -2.29. The van der Waals surface area contributed by atoms with Gasteiger partial charge in [0.25, 0.3) is 0 Å². The van der Waals surface area contributed by atoms with Gasteiger partial charge in [-0.15, -0.1) is 0 Å². The van der Waals surface area contributed by atoms with Crippen LogP contribution in [-0.2, 0) is 32.0 Å². The molecule has 0 aliphatic carbocycles. The van der Waals surface area contributed by atoms with Crippen LogP contribution >= 0.6 is 0 Å². The monoisotopic (exact) mass is 623 g/mol. The molecule has 1 saturated heterocycles. The fourth-order valence-corrected chi connectivity index (χ4v) is 5.08. The normalized spacial score (nSPS) is 16.1. The number of phenols is 1. The number of aliphatic carboxylic acids is 1. The second-order valence-corrected chi connectivity index (χ2v) is 10.7. The fraction of sp³-hybridized carbons (Fsp3) is 0.400. The van der Waals surface area contributed by atoms with E-state index in [0.717, 1.165) is 5.56 Å². The van der Waals surface area contributed by atoms with E-state index < -0.39 is 47.9 Å². The first-order valence-electron chi connectivity index (χ1n) is 14.5. The molecule has 1 fully saturated rings. The Hall–Kier alpha value is -5.34. The van der Waals surface area contributed by atoms with Gasteiger partial charge in [0.15, 0.2) is 11.9 Å². The smallest absolute Gasteiger partial charge is 0.326 e. The quantitative estimate of drug-likeness (QED) is 0.0675. The predicted octanol–water partition coefficient (Wildman–Crippen LogP) is -1.08. The number of benzene rings is 2. The van der Waals surface area contributed by atoms with Crippen LogP contribution < -0.4 is 33.6 Å². The van der Waals surface area contributed by atoms with Gasteiger partial charge in [-0.1, -0.05) is 42.5 Å². The summed E-state index contributed by atoms with van der Waals surface area (Å²) in [4.78, 5) is 62.0. The molecule has 0 unspecified atom stereocenters. The zero-order valence-electron chi connectivity index (χ0n) is 24.8. The number of aromatic hydroxyl groups is 1. The van der Waals surface area contributed by atoms with Crippen LogP contribution in [0.15, 0.2) is 64.6 Å². The van der Waals surface area contributed by atoms with Crippen molar-refractivity contribution >= 4 is 35.6 Å². The summed E-state index contributed by atoms with van der Waals surface area (Å²) in [6.45, 7) is 0.417. The number of phenolic OH excluding ortho intramolecular Hbond substituents is 1. The minimum atomic E-state index is -1.15. The van der Waals surface area contributed by atoms with Gasteiger partial charge in [-0.05, 0) is 48.9 Å². The number of hydrogen-bond donors (Lipinski definition) is 8. The van der Waals surface area contributed by atoms with Crippen LogP contribution in [0.3, 0.4) is 0 Å². The summed E-state index contributed by atoms with van der Waals surface area (Å²) < 4.78 is 0. The van der Waals surface area contributed by atoms with Crippen molar-refractivity contribution in [1.82, 2.24) is 15.5 Å². The summed E-state index contributed by atoms with van der Waals surface area (Å²) in [6.07, 6.45) is 1.38. The van der Waals surface area contributed by atoms with Crippen molar-refractivity contribution in [2.45, 2.75) is 62.7 Å². The maximum Gasteiger partial charge on any atom is 0.326 e. The highest BCUT2D eigenvalue weighted by Gasteiger charge is 2.38. The summed E-state index contributed by atoms with van der Waals surface area (Å²) in [6, 6.07) is 10.7. The zero-order chi connectivity index (χ0) is 32.9. The number of nitrogens with two attached hydrogens (primary N) is 4. The van der Waals surface area contributed by atoms with Gasteiger partial charge < -0.3 is 48.7 Å². The number of carbonyl (C=O) groups is 4. The van der Waals surface area contributed by atoms with Crippen LogP contribution in [0.4, 0.5) is 0 Å². The lowest BCUT2D eigenvalue weighted by molar-refractivity contribution is -0.149. The number of nitrogens with zero attached hydrogens (tertiary/aromatic N) is 3. The molecule has 0 saturated carbocycles. The maximum atomic E-state index is 13.8. The Morgan fingerprint density at radius 3 is 2.13 bits per heavy atom. The fourth-order valence-electron chi connectivity index (χ4n) is 5.08. The van der Waals surface area contributed by atoms with Gasteiger partial charge in [-0.3, -0.25) is 19.4 Å². The Kier molecular flexibility index (Phi) is 12.5. The Labute approximate surface area is 260 Å². The number of rotatable bonds is 15. The average molecular weight is 624 g/mol. The van der Waals surface area contributed by atoms with Gasteiger partial charge in [0, 0.05) is 25.9 Å². The summed E-state index contributed by atoms with van der Waals surface area (Å²) >= 11 is 0. The molecule has 0 spiro atoms. The van der Waals surface area contributed by atoms with Gasteiger partial charge in [-0.2, -0.15) is 0 Å². The van der Waals surface area contributed by atoms with Crippen LogP contribution in [0, 0.1) is 0 Å². The predicted molar refractivity (Wildman–Crippen MR) is 168 cm³/mol. The van der Waals surface area contributed by atoms with E-state index in [1.807, 2.05) is 6.07 Å². The van der Waals surface area contributed by atoms with Crippen molar-refractivity contribution in [3.05, 3.63) is 65.7 Å².